The number of fused-ring (bicyclic) bond motifs is 1. The monoisotopic (exact) mass is 492 g/mol. The molecule has 1 fully saturated rings. The normalized spacial score (nSPS) is 17.1. The van der Waals surface area contributed by atoms with Crippen LogP contribution in [-0.4, -0.2) is 84.0 Å². The van der Waals surface area contributed by atoms with Crippen LogP contribution >= 0.6 is 0 Å². The summed E-state index contributed by atoms with van der Waals surface area (Å²) in [6.45, 7) is 3.49. The number of aromatic nitrogens is 4. The number of hydrogen-bond donors (Lipinski definition) is 2. The summed E-state index contributed by atoms with van der Waals surface area (Å²) in [4.78, 5) is 38.5. The van der Waals surface area contributed by atoms with Gasteiger partial charge in [0.05, 0.1) is 31.6 Å². The van der Waals surface area contributed by atoms with E-state index in [0.29, 0.717) is 37.4 Å². The third-order valence-corrected chi connectivity index (χ3v) is 6.35. The van der Waals surface area contributed by atoms with Crippen molar-refractivity contribution in [3.63, 3.8) is 0 Å². The minimum Gasteiger partial charge on any atom is -0.484 e. The van der Waals surface area contributed by atoms with Crippen molar-refractivity contribution >= 4 is 35.2 Å². The summed E-state index contributed by atoms with van der Waals surface area (Å²) in [5.74, 6) is 2.18. The van der Waals surface area contributed by atoms with E-state index >= 15 is 0 Å². The number of rotatable bonds is 6. The average Bonchev–Trinajstić information content (AvgIpc) is 3.35. The number of hydrogen-bond acceptors (Lipinski definition) is 11. The minimum absolute atomic E-state index is 0.180. The highest BCUT2D eigenvalue weighted by Crippen LogP contribution is 2.34. The van der Waals surface area contributed by atoms with Crippen LogP contribution in [0.5, 0.6) is 0 Å². The molecule has 1 amide bonds. The fourth-order valence-electron chi connectivity index (χ4n) is 4.45. The summed E-state index contributed by atoms with van der Waals surface area (Å²) in [6, 6.07) is 0. The lowest BCUT2D eigenvalue weighted by Gasteiger charge is -2.30. The number of morpholine rings is 1. The topological polar surface area (TPSA) is 138 Å². The van der Waals surface area contributed by atoms with Crippen LogP contribution in [0.15, 0.2) is 29.2 Å². The highest BCUT2D eigenvalue weighted by atomic mass is 16.5. The van der Waals surface area contributed by atoms with Gasteiger partial charge in [0.25, 0.3) is 5.91 Å². The van der Waals surface area contributed by atoms with Crippen LogP contribution in [0.3, 0.4) is 0 Å². The van der Waals surface area contributed by atoms with Crippen molar-refractivity contribution in [2.24, 2.45) is 4.99 Å². The molecule has 4 heterocycles. The zero-order valence-electron chi connectivity index (χ0n) is 20.3. The molecule has 3 aliphatic rings. The number of nitrogens with zero attached hydrogens (tertiary/aromatic N) is 7. The highest BCUT2D eigenvalue weighted by Gasteiger charge is 2.27. The van der Waals surface area contributed by atoms with Crippen LogP contribution < -0.4 is 15.3 Å². The quantitative estimate of drug-likeness (QED) is 0.450. The molecule has 188 valence electrons. The Balaban J connectivity index is 1.40. The molecule has 0 unspecified atom stereocenters. The molecule has 2 aromatic rings. The number of methoxy groups -OCH3 is 1. The van der Waals surface area contributed by atoms with Crippen molar-refractivity contribution < 1.29 is 19.5 Å². The van der Waals surface area contributed by atoms with Crippen molar-refractivity contribution in [1.29, 1.82) is 0 Å². The van der Waals surface area contributed by atoms with E-state index in [1.807, 2.05) is 11.9 Å². The molecule has 0 bridgehead atoms. The molecule has 1 saturated heterocycles. The maximum Gasteiger partial charge on any atom is 0.277 e. The number of likely N-dealkylation sites (N-methyl/N-ethyl adjacent to an activating group) is 1. The van der Waals surface area contributed by atoms with Crippen molar-refractivity contribution in [2.45, 2.75) is 19.3 Å². The number of carbonyl (C=O) groups is 1. The fraction of sp³-hybridized carbons (Fsp3) is 0.417. The van der Waals surface area contributed by atoms with Crippen LogP contribution in [0.4, 0.5) is 11.8 Å². The zero-order chi connectivity index (χ0) is 25.1. The lowest BCUT2D eigenvalue weighted by atomic mass is 10.1. The summed E-state index contributed by atoms with van der Waals surface area (Å²) >= 11 is 0. The van der Waals surface area contributed by atoms with E-state index in [9.17, 15) is 4.79 Å². The van der Waals surface area contributed by atoms with E-state index in [0.717, 1.165) is 60.6 Å². The molecular formula is C24H28N8O4. The van der Waals surface area contributed by atoms with Crippen LogP contribution in [0.2, 0.25) is 0 Å². The molecule has 12 nitrogen and oxygen atoms in total. The molecule has 0 aromatic carbocycles. The number of amides is 1. The van der Waals surface area contributed by atoms with Gasteiger partial charge in [0, 0.05) is 69.3 Å². The molecule has 0 atom stereocenters. The van der Waals surface area contributed by atoms with Crippen molar-refractivity contribution in [2.75, 3.05) is 56.8 Å². The second kappa shape index (κ2) is 10.4. The summed E-state index contributed by atoms with van der Waals surface area (Å²) in [5.41, 5.74) is 5.94. The van der Waals surface area contributed by atoms with Gasteiger partial charge in [0.1, 0.15) is 5.82 Å². The lowest BCUT2D eigenvalue weighted by Crippen LogP contribution is -2.37. The molecule has 2 aromatic heterocycles. The van der Waals surface area contributed by atoms with Gasteiger partial charge in [-0.05, 0) is 18.1 Å². The van der Waals surface area contributed by atoms with E-state index in [1.54, 1.807) is 18.8 Å². The number of nitrogens with one attached hydrogen (secondary N) is 1. The SMILES string of the molecule is COC1=NC=C(c2nc3c(c(N4CCOCC4)n2)CC(CN(C)c2ncc(C(=O)NO)cn2)=C3)CC1. The third kappa shape index (κ3) is 4.90. The Hall–Kier alpha value is -3.90. The molecule has 0 spiro atoms. The molecule has 0 radical (unpaired) electrons. The number of ether oxygens (including phenoxy) is 2. The molecule has 2 N–H and O–H groups in total. The molecule has 1 aliphatic carbocycles. The maximum atomic E-state index is 11.5. The maximum absolute atomic E-state index is 11.5. The Morgan fingerprint density at radius 2 is 2.00 bits per heavy atom. The minimum atomic E-state index is -0.652. The first-order valence-electron chi connectivity index (χ1n) is 11.8. The Bertz CT molecular complexity index is 1240. The van der Waals surface area contributed by atoms with E-state index in [2.05, 4.69) is 25.9 Å². The highest BCUT2D eigenvalue weighted by molar-refractivity contribution is 5.92. The van der Waals surface area contributed by atoms with Gasteiger partial charge < -0.3 is 19.3 Å². The van der Waals surface area contributed by atoms with Gasteiger partial charge in [0.2, 0.25) is 5.95 Å². The first-order valence-corrected chi connectivity index (χ1v) is 11.8. The second-order valence-electron chi connectivity index (χ2n) is 8.76. The first kappa shape index (κ1) is 23.8. The zero-order valence-corrected chi connectivity index (χ0v) is 20.3. The Labute approximate surface area is 208 Å². The second-order valence-corrected chi connectivity index (χ2v) is 8.76. The largest absolute Gasteiger partial charge is 0.484 e. The summed E-state index contributed by atoms with van der Waals surface area (Å²) in [6.07, 6.45) is 8.90. The van der Waals surface area contributed by atoms with Gasteiger partial charge in [0.15, 0.2) is 11.7 Å². The van der Waals surface area contributed by atoms with E-state index in [4.69, 9.17) is 24.6 Å². The van der Waals surface area contributed by atoms with Crippen molar-refractivity contribution in [1.82, 2.24) is 25.4 Å². The van der Waals surface area contributed by atoms with Crippen LogP contribution in [0, 0.1) is 0 Å². The van der Waals surface area contributed by atoms with Gasteiger partial charge in [-0.2, -0.15) is 0 Å². The van der Waals surface area contributed by atoms with E-state index in [-0.39, 0.29) is 5.56 Å². The van der Waals surface area contributed by atoms with Crippen molar-refractivity contribution in [3.8, 4) is 0 Å². The molecule has 36 heavy (non-hydrogen) atoms. The van der Waals surface area contributed by atoms with Gasteiger partial charge >= 0.3 is 0 Å². The molecule has 0 saturated carbocycles. The van der Waals surface area contributed by atoms with E-state index < -0.39 is 5.91 Å². The third-order valence-electron chi connectivity index (χ3n) is 6.35. The van der Waals surface area contributed by atoms with Gasteiger partial charge in [-0.15, -0.1) is 0 Å². The van der Waals surface area contributed by atoms with Gasteiger partial charge in [-0.1, -0.05) is 0 Å². The number of allylic oxidation sites excluding steroid dienone is 1. The molecule has 12 heteroatoms. The van der Waals surface area contributed by atoms with Crippen LogP contribution in [0.1, 0.15) is 40.3 Å². The van der Waals surface area contributed by atoms with Gasteiger partial charge in [-0.25, -0.2) is 30.4 Å². The van der Waals surface area contributed by atoms with Crippen LogP contribution in [-0.2, 0) is 15.9 Å². The summed E-state index contributed by atoms with van der Waals surface area (Å²) < 4.78 is 10.8. The molecule has 5 rings (SSSR count). The number of hydroxylamine groups is 1. The predicted octanol–water partition coefficient (Wildman–Crippen LogP) is 1.48. The average molecular weight is 493 g/mol. The number of anilines is 2. The smallest absolute Gasteiger partial charge is 0.277 e. The Morgan fingerprint density at radius 1 is 1.22 bits per heavy atom. The Morgan fingerprint density at radius 3 is 2.67 bits per heavy atom. The summed E-state index contributed by atoms with van der Waals surface area (Å²) in [7, 11) is 3.53. The number of aliphatic imine (C=N–C) groups is 1. The summed E-state index contributed by atoms with van der Waals surface area (Å²) in [5, 5.41) is 8.77. The molecule has 2 aliphatic heterocycles. The predicted molar refractivity (Wildman–Crippen MR) is 133 cm³/mol. The fourth-order valence-corrected chi connectivity index (χ4v) is 4.45. The Kier molecular flexibility index (Phi) is 6.87. The standard InChI is InChI=1S/C24H28N8O4/c1-31(24-26-12-17(13-27-24)23(33)30-34)14-15-9-18-19(10-15)28-21(16-3-4-20(35-2)25-11-16)29-22(18)32-5-7-36-8-6-32/h10-13,34H,3-9,14H2,1-2H3,(H,30,33). The van der Waals surface area contributed by atoms with E-state index in [1.165, 1.54) is 12.4 Å². The van der Waals surface area contributed by atoms with Gasteiger partial charge in [-0.3, -0.25) is 10.0 Å². The van der Waals surface area contributed by atoms with Crippen molar-refractivity contribution in [3.05, 3.63) is 46.8 Å². The van der Waals surface area contributed by atoms with Crippen LogP contribution in [0.25, 0.3) is 11.6 Å². The first-order chi connectivity index (χ1) is 17.6. The lowest BCUT2D eigenvalue weighted by molar-refractivity contribution is 0.0705. The number of carbonyl (C=O) groups excluding carboxylic acids is 1. The molecular weight excluding hydrogens is 464 g/mol.